The molecule has 4 aliphatic rings. The molecule has 6 atom stereocenters. The molecular weight excluding hydrogens is 554 g/mol. The largest absolute Gasteiger partial charge is 0.507 e. The number of Topliss-reactive ketones (excluding diaryl/α,β-unsaturated/α-hetero) is 4. The van der Waals surface area contributed by atoms with Crippen LogP contribution in [0.15, 0.2) is 36.4 Å². The average molecular weight is 590 g/mol. The number of phenols is 1. The molecule has 6 rings (SSSR count). The third kappa shape index (κ3) is 4.53. The van der Waals surface area contributed by atoms with Crippen LogP contribution in [0.5, 0.6) is 5.75 Å². The number of ketones is 4. The monoisotopic (exact) mass is 589 g/mol. The second-order valence-corrected chi connectivity index (χ2v) is 12.4. The van der Waals surface area contributed by atoms with Crippen LogP contribution in [0.3, 0.4) is 0 Å². The summed E-state index contributed by atoms with van der Waals surface area (Å²) in [6.45, 7) is 3.92. The fraction of sp³-hybridized carbons (Fsp3) is 0.469. The molecule has 2 aromatic rings. The Kier molecular flexibility index (Phi) is 7.32. The van der Waals surface area contributed by atoms with Crippen LogP contribution in [0.2, 0.25) is 0 Å². The summed E-state index contributed by atoms with van der Waals surface area (Å²) < 4.78 is 5.43. The number of carbonyl (C=O) groups is 5. The van der Waals surface area contributed by atoms with Crippen LogP contribution >= 0.6 is 0 Å². The Labute approximate surface area is 248 Å². The number of nitrogens with zero attached hydrogens (tertiary/aromatic N) is 2. The lowest BCUT2D eigenvalue weighted by molar-refractivity contribution is -0.181. The number of amides is 1. The minimum atomic E-state index is -2.74. The molecule has 4 N–H and O–H groups in total. The van der Waals surface area contributed by atoms with Gasteiger partial charge in [-0.2, -0.15) is 0 Å². The van der Waals surface area contributed by atoms with E-state index < -0.39 is 64.4 Å². The van der Waals surface area contributed by atoms with Gasteiger partial charge in [-0.05, 0) is 61.2 Å². The molecule has 11 nitrogen and oxygen atoms in total. The second-order valence-electron chi connectivity index (χ2n) is 12.4. The summed E-state index contributed by atoms with van der Waals surface area (Å²) in [5.74, 6) is -10.5. The van der Waals surface area contributed by atoms with Crippen molar-refractivity contribution in [2.45, 2.75) is 31.0 Å². The fourth-order valence-corrected chi connectivity index (χ4v) is 7.68. The van der Waals surface area contributed by atoms with Gasteiger partial charge in [-0.25, -0.2) is 0 Å². The van der Waals surface area contributed by atoms with Crippen LogP contribution in [-0.2, 0) is 36.9 Å². The predicted molar refractivity (Wildman–Crippen MR) is 153 cm³/mol. The lowest BCUT2D eigenvalue weighted by Gasteiger charge is -2.52. The number of nitrogens with two attached hydrogens (primary N) is 1. The number of fused-ring (bicyclic) bond motifs is 3. The smallest absolute Gasteiger partial charge is 0.235 e. The molecule has 3 fully saturated rings. The molecule has 0 spiro atoms. The Morgan fingerprint density at radius 3 is 2.35 bits per heavy atom. The van der Waals surface area contributed by atoms with Gasteiger partial charge in [0.1, 0.15) is 5.75 Å². The Morgan fingerprint density at radius 1 is 1.05 bits per heavy atom. The molecule has 1 saturated heterocycles. The summed E-state index contributed by atoms with van der Waals surface area (Å²) >= 11 is 0. The Bertz CT molecular complexity index is 1530. The Morgan fingerprint density at radius 2 is 1.72 bits per heavy atom. The highest BCUT2D eigenvalue weighted by atomic mass is 16.5. The zero-order valence-corrected chi connectivity index (χ0v) is 24.1. The molecule has 1 aliphatic heterocycles. The van der Waals surface area contributed by atoms with E-state index in [1.54, 1.807) is 20.2 Å². The van der Waals surface area contributed by atoms with E-state index in [2.05, 4.69) is 4.90 Å². The Balaban J connectivity index is 1.37. The highest BCUT2D eigenvalue weighted by molar-refractivity contribution is 6.32. The van der Waals surface area contributed by atoms with Crippen LogP contribution in [0.25, 0.3) is 11.1 Å². The number of aromatic hydroxyl groups is 1. The first kappa shape index (κ1) is 29.3. The van der Waals surface area contributed by atoms with Gasteiger partial charge in [0, 0.05) is 25.6 Å². The van der Waals surface area contributed by atoms with E-state index in [4.69, 9.17) is 10.5 Å². The lowest BCUT2D eigenvalue weighted by atomic mass is 9.52. The number of carbonyl (C=O) groups excluding carboxylic acids is 5. The molecule has 2 saturated carbocycles. The first-order chi connectivity index (χ1) is 20.4. The van der Waals surface area contributed by atoms with Gasteiger partial charge in [-0.3, -0.25) is 33.8 Å². The number of ether oxygens (including phenoxy) is 1. The van der Waals surface area contributed by atoms with E-state index in [0.29, 0.717) is 18.8 Å². The van der Waals surface area contributed by atoms with Crippen molar-refractivity contribution in [1.82, 2.24) is 9.80 Å². The van der Waals surface area contributed by atoms with Gasteiger partial charge in [0.15, 0.2) is 34.7 Å². The Hall–Kier alpha value is -3.77. The number of benzene rings is 2. The maximum Gasteiger partial charge on any atom is 0.235 e. The van der Waals surface area contributed by atoms with Gasteiger partial charge in [0.2, 0.25) is 5.91 Å². The second kappa shape index (κ2) is 10.7. The van der Waals surface area contributed by atoms with Crippen LogP contribution < -0.4 is 5.73 Å². The van der Waals surface area contributed by atoms with Crippen molar-refractivity contribution in [3.8, 4) is 16.9 Å². The van der Waals surface area contributed by atoms with Crippen LogP contribution in [-0.4, -0.2) is 101 Å². The molecule has 0 bridgehead atoms. The van der Waals surface area contributed by atoms with Crippen molar-refractivity contribution in [1.29, 1.82) is 0 Å². The van der Waals surface area contributed by atoms with E-state index in [1.165, 1.54) is 11.0 Å². The molecule has 226 valence electrons. The molecule has 0 radical (unpaired) electrons. The van der Waals surface area contributed by atoms with E-state index in [-0.39, 0.29) is 24.2 Å². The number of rotatable bonds is 5. The molecule has 0 aromatic heterocycles. The summed E-state index contributed by atoms with van der Waals surface area (Å²) in [7, 11) is 3.13. The highest BCUT2D eigenvalue weighted by Gasteiger charge is 2.69. The van der Waals surface area contributed by atoms with Crippen LogP contribution in [0.1, 0.15) is 27.9 Å². The molecule has 11 heteroatoms. The topological polar surface area (TPSA) is 168 Å². The molecule has 3 aliphatic carbocycles. The first-order valence-corrected chi connectivity index (χ1v) is 14.5. The molecular formula is C32H35N3O8. The normalized spacial score (nSPS) is 31.0. The van der Waals surface area contributed by atoms with E-state index in [0.717, 1.165) is 36.3 Å². The third-order valence-corrected chi connectivity index (χ3v) is 9.72. The summed E-state index contributed by atoms with van der Waals surface area (Å²) in [4.78, 5) is 70.6. The van der Waals surface area contributed by atoms with E-state index >= 15 is 0 Å². The first-order valence-electron chi connectivity index (χ1n) is 14.5. The van der Waals surface area contributed by atoms with Gasteiger partial charge in [-0.15, -0.1) is 0 Å². The predicted octanol–water partition coefficient (Wildman–Crippen LogP) is 0.366. The summed E-state index contributed by atoms with van der Waals surface area (Å²) in [5.41, 5.74) is 5.91. The molecule has 43 heavy (non-hydrogen) atoms. The fourth-order valence-electron chi connectivity index (χ4n) is 7.68. The number of aliphatic hydroxyl groups is 1. The number of hydrogen-bond donors (Lipinski definition) is 3. The van der Waals surface area contributed by atoms with Gasteiger partial charge in [-0.1, -0.05) is 30.3 Å². The quantitative estimate of drug-likeness (QED) is 0.415. The maximum atomic E-state index is 14.0. The minimum Gasteiger partial charge on any atom is -0.507 e. The maximum absolute atomic E-state index is 14.0. The SMILES string of the molecule is CN(C)C1C(=O)C(C(N)=O)C(=O)C2(O)C(=O)C3C(=O)c4c(O)ccc(-c5ccc(CN6CCOCC6)cc5)c4CC3CC12. The van der Waals surface area contributed by atoms with E-state index in [9.17, 15) is 34.2 Å². The number of phenolic OH excluding ortho intramolecular Hbond substituents is 1. The van der Waals surface area contributed by atoms with Crippen molar-refractivity contribution in [3.63, 3.8) is 0 Å². The standard InChI is InChI=1S/C32H35N3O8/c1-34(2)26-21-14-18-13-20-19(17-5-3-16(4-6-17)15-35-9-11-43-12-10-35)7-8-22(36)24(20)27(37)23(18)29(39)32(21,42)30(40)25(28(26)38)31(33)41/h3-8,18,21,23,25-26,36,42H,9-15H2,1-2H3,(H2,33,41). The van der Waals surface area contributed by atoms with E-state index in [1.807, 2.05) is 24.3 Å². The molecule has 2 aromatic carbocycles. The summed E-state index contributed by atoms with van der Waals surface area (Å²) in [5, 5.41) is 22.5. The van der Waals surface area contributed by atoms with Gasteiger partial charge < -0.3 is 20.7 Å². The molecule has 1 heterocycles. The molecule has 1 amide bonds. The van der Waals surface area contributed by atoms with Crippen molar-refractivity contribution in [3.05, 3.63) is 53.1 Å². The van der Waals surface area contributed by atoms with Crippen molar-refractivity contribution in [2.75, 3.05) is 40.4 Å². The van der Waals surface area contributed by atoms with Crippen LogP contribution in [0.4, 0.5) is 0 Å². The summed E-state index contributed by atoms with van der Waals surface area (Å²) in [6.07, 6.45) is 0.225. The lowest BCUT2D eigenvalue weighted by Crippen LogP contribution is -2.74. The number of morpholine rings is 1. The number of likely N-dealkylation sites (N-methyl/N-ethyl adjacent to an activating group) is 1. The number of hydrogen-bond acceptors (Lipinski definition) is 10. The van der Waals surface area contributed by atoms with Crippen molar-refractivity contribution in [2.24, 2.45) is 29.4 Å². The van der Waals surface area contributed by atoms with Gasteiger partial charge in [0.05, 0.1) is 30.7 Å². The average Bonchev–Trinajstić information content (AvgIpc) is 2.96. The zero-order valence-electron chi connectivity index (χ0n) is 24.1. The summed E-state index contributed by atoms with van der Waals surface area (Å²) in [6, 6.07) is 10.0. The van der Waals surface area contributed by atoms with Crippen LogP contribution in [0, 0.1) is 23.7 Å². The molecule has 6 unspecified atom stereocenters. The van der Waals surface area contributed by atoms with Crippen molar-refractivity contribution >= 4 is 29.0 Å². The zero-order chi connectivity index (χ0) is 30.8. The van der Waals surface area contributed by atoms with Crippen molar-refractivity contribution < 1.29 is 38.9 Å². The van der Waals surface area contributed by atoms with Gasteiger partial charge >= 0.3 is 0 Å². The highest BCUT2D eigenvalue weighted by Crippen LogP contribution is 2.51. The van der Waals surface area contributed by atoms with Gasteiger partial charge in [0.25, 0.3) is 0 Å². The number of primary amides is 1. The third-order valence-electron chi connectivity index (χ3n) is 9.72. The minimum absolute atomic E-state index is 0.0114.